The van der Waals surface area contributed by atoms with E-state index in [1.54, 1.807) is 0 Å². The molecule has 0 saturated heterocycles. The summed E-state index contributed by atoms with van der Waals surface area (Å²) >= 11 is 0. The van der Waals surface area contributed by atoms with Gasteiger partial charge in [-0.25, -0.2) is 0 Å². The molecular weight excluding hydrogens is 294 g/mol. The Bertz CT molecular complexity index is 398. The Balaban J connectivity index is 5.17. The maximum Gasteiger partial charge on any atom is 0.0488 e. The van der Waals surface area contributed by atoms with E-state index in [1.165, 1.54) is 5.57 Å². The van der Waals surface area contributed by atoms with Gasteiger partial charge in [0.1, 0.15) is 0 Å². The minimum absolute atomic E-state index is 0.0816. The molecule has 3 nitrogen and oxygen atoms in total. The number of nitrogens with zero attached hydrogens (tertiary/aromatic N) is 1. The first-order valence-corrected chi connectivity index (χ1v) is 9.43. The first-order valence-electron chi connectivity index (χ1n) is 9.43. The van der Waals surface area contributed by atoms with Crippen LogP contribution in [0.4, 0.5) is 0 Å². The van der Waals surface area contributed by atoms with Gasteiger partial charge in [0, 0.05) is 23.3 Å². The summed E-state index contributed by atoms with van der Waals surface area (Å²) in [7, 11) is 2.18. The molecule has 0 heterocycles. The minimum atomic E-state index is 0.0816. The Morgan fingerprint density at radius 3 is 2.00 bits per heavy atom. The van der Waals surface area contributed by atoms with Crippen molar-refractivity contribution in [1.82, 2.24) is 10.2 Å². The maximum absolute atomic E-state index is 5.67. The molecule has 0 bridgehead atoms. The Morgan fingerprint density at radius 2 is 1.62 bits per heavy atom. The molecule has 0 fully saturated rings. The molecule has 0 aliphatic carbocycles. The van der Waals surface area contributed by atoms with Crippen LogP contribution in [0.15, 0.2) is 24.4 Å². The first kappa shape index (κ1) is 23.2. The molecule has 0 amide bonds. The lowest BCUT2D eigenvalue weighted by molar-refractivity contribution is 0.127. The molecule has 3 N–H and O–H groups in total. The minimum Gasteiger partial charge on any atom is -0.381 e. The summed E-state index contributed by atoms with van der Waals surface area (Å²) in [4.78, 5) is 2.40. The molecule has 2 unspecified atom stereocenters. The molecule has 0 aliphatic rings. The maximum atomic E-state index is 5.67. The lowest BCUT2D eigenvalue weighted by atomic mass is 9.81. The molecule has 0 rings (SSSR count). The molecule has 24 heavy (non-hydrogen) atoms. The lowest BCUT2D eigenvalue weighted by Gasteiger charge is -2.41. The van der Waals surface area contributed by atoms with Gasteiger partial charge in [-0.3, -0.25) is 4.90 Å². The molecule has 0 radical (unpaired) electrons. The van der Waals surface area contributed by atoms with Crippen LogP contribution in [0.3, 0.4) is 0 Å². The van der Waals surface area contributed by atoms with E-state index < -0.39 is 0 Å². The highest BCUT2D eigenvalue weighted by Crippen LogP contribution is 2.30. The third kappa shape index (κ3) is 7.40. The van der Waals surface area contributed by atoms with Crippen molar-refractivity contribution < 1.29 is 0 Å². The monoisotopic (exact) mass is 337 g/mol. The van der Waals surface area contributed by atoms with Crippen LogP contribution in [0.25, 0.3) is 0 Å². The summed E-state index contributed by atoms with van der Waals surface area (Å²) in [5.74, 6) is 0. The van der Waals surface area contributed by atoms with E-state index in [9.17, 15) is 0 Å². The quantitative estimate of drug-likeness (QED) is 0.448. The van der Waals surface area contributed by atoms with E-state index in [0.717, 1.165) is 37.9 Å². The van der Waals surface area contributed by atoms with Gasteiger partial charge >= 0.3 is 0 Å². The van der Waals surface area contributed by atoms with Crippen LogP contribution < -0.4 is 11.1 Å². The third-order valence-corrected chi connectivity index (χ3v) is 5.01. The molecule has 0 spiro atoms. The second-order valence-electron chi connectivity index (χ2n) is 8.99. The van der Waals surface area contributed by atoms with Crippen molar-refractivity contribution in [3.8, 4) is 0 Å². The second kappa shape index (κ2) is 9.62. The van der Waals surface area contributed by atoms with Gasteiger partial charge in [-0.1, -0.05) is 40.9 Å². The average Bonchev–Trinajstić information content (AvgIpc) is 2.44. The van der Waals surface area contributed by atoms with Crippen LogP contribution in [-0.4, -0.2) is 36.1 Å². The zero-order valence-electron chi connectivity index (χ0n) is 17.6. The number of nitrogens with two attached hydrogens (primary N) is 1. The van der Waals surface area contributed by atoms with Gasteiger partial charge in [0.2, 0.25) is 0 Å². The van der Waals surface area contributed by atoms with E-state index in [4.69, 9.17) is 5.73 Å². The predicted molar refractivity (Wildman–Crippen MR) is 109 cm³/mol. The number of hydrogen-bond donors (Lipinski definition) is 2. The fourth-order valence-corrected chi connectivity index (χ4v) is 2.89. The number of unbranched alkanes of at least 4 members (excludes halogenated alkanes) is 1. The second-order valence-corrected chi connectivity index (χ2v) is 8.99. The lowest BCUT2D eigenvalue weighted by Crippen LogP contribution is -2.49. The van der Waals surface area contributed by atoms with E-state index in [-0.39, 0.29) is 17.0 Å². The highest BCUT2D eigenvalue weighted by atomic mass is 15.2. The summed E-state index contributed by atoms with van der Waals surface area (Å²) in [6.45, 7) is 25.2. The normalized spacial score (nSPS) is 15.2. The van der Waals surface area contributed by atoms with Gasteiger partial charge in [0.25, 0.3) is 0 Å². The standard InChI is InChI=1S/C21H43N3/c1-11-19(24(10)21(7,8)9)17(3)23-18(14-12-13-15-22)16(2)20(4,5)6/h18-19,23H,2-3,11-15,22H2,1,4-10H3. The van der Waals surface area contributed by atoms with Crippen molar-refractivity contribution in [1.29, 1.82) is 0 Å². The first-order chi connectivity index (χ1) is 10.9. The molecule has 0 aromatic heterocycles. The molecule has 0 aliphatic heterocycles. The van der Waals surface area contributed by atoms with E-state index in [0.29, 0.717) is 6.04 Å². The molecule has 3 heteroatoms. The van der Waals surface area contributed by atoms with E-state index in [2.05, 4.69) is 78.9 Å². The Hall–Kier alpha value is -0.800. The van der Waals surface area contributed by atoms with Crippen molar-refractivity contribution in [2.45, 2.75) is 91.8 Å². The van der Waals surface area contributed by atoms with Crippen LogP contribution in [0.1, 0.15) is 74.1 Å². The molecule has 2 atom stereocenters. The smallest absolute Gasteiger partial charge is 0.0488 e. The van der Waals surface area contributed by atoms with Gasteiger partial charge in [-0.15, -0.1) is 0 Å². The fraction of sp³-hybridized carbons (Fsp3) is 0.810. The van der Waals surface area contributed by atoms with Crippen molar-refractivity contribution in [3.63, 3.8) is 0 Å². The summed E-state index contributed by atoms with van der Waals surface area (Å²) in [5.41, 5.74) is 8.20. The van der Waals surface area contributed by atoms with E-state index >= 15 is 0 Å². The number of nitrogens with one attached hydrogen (secondary N) is 1. The summed E-state index contributed by atoms with van der Waals surface area (Å²) in [5, 5.41) is 3.71. The number of rotatable bonds is 10. The highest BCUT2D eigenvalue weighted by molar-refractivity contribution is 5.18. The van der Waals surface area contributed by atoms with Crippen molar-refractivity contribution in [3.05, 3.63) is 24.4 Å². The van der Waals surface area contributed by atoms with Gasteiger partial charge in [0.05, 0.1) is 0 Å². The Morgan fingerprint density at radius 1 is 1.08 bits per heavy atom. The van der Waals surface area contributed by atoms with Crippen molar-refractivity contribution >= 4 is 0 Å². The molecule has 0 aromatic carbocycles. The SMILES string of the molecule is C=C(NC(CCCCN)C(=C)C(C)(C)C)C(CC)N(C)C(C)(C)C. The number of likely N-dealkylation sites (N-methyl/N-ethyl adjacent to an activating group) is 1. The van der Waals surface area contributed by atoms with Gasteiger partial charge in [-0.2, -0.15) is 0 Å². The van der Waals surface area contributed by atoms with Crippen LogP contribution >= 0.6 is 0 Å². The molecular formula is C21H43N3. The highest BCUT2D eigenvalue weighted by Gasteiger charge is 2.29. The predicted octanol–water partition coefficient (Wildman–Crippen LogP) is 4.70. The van der Waals surface area contributed by atoms with Crippen molar-refractivity contribution in [2.24, 2.45) is 11.1 Å². The van der Waals surface area contributed by atoms with Gasteiger partial charge in [0.15, 0.2) is 0 Å². The largest absolute Gasteiger partial charge is 0.381 e. The van der Waals surface area contributed by atoms with Crippen LogP contribution in [-0.2, 0) is 0 Å². The summed E-state index contributed by atoms with van der Waals surface area (Å²) in [6.07, 6.45) is 4.27. The molecule has 0 aromatic rings. The zero-order valence-corrected chi connectivity index (χ0v) is 17.6. The zero-order chi connectivity index (χ0) is 19.1. The van der Waals surface area contributed by atoms with Crippen LogP contribution in [0.5, 0.6) is 0 Å². The third-order valence-electron chi connectivity index (χ3n) is 5.01. The van der Waals surface area contributed by atoms with Crippen molar-refractivity contribution in [2.75, 3.05) is 13.6 Å². The summed E-state index contributed by atoms with van der Waals surface area (Å²) < 4.78 is 0. The van der Waals surface area contributed by atoms with Crippen LogP contribution in [0.2, 0.25) is 0 Å². The molecule has 0 saturated carbocycles. The Labute approximate surface area is 151 Å². The molecule has 142 valence electrons. The Kier molecular flexibility index (Phi) is 9.30. The van der Waals surface area contributed by atoms with Crippen LogP contribution in [0, 0.1) is 5.41 Å². The van der Waals surface area contributed by atoms with Gasteiger partial charge < -0.3 is 11.1 Å². The topological polar surface area (TPSA) is 41.3 Å². The van der Waals surface area contributed by atoms with Gasteiger partial charge in [-0.05, 0) is 71.0 Å². The number of hydrogen-bond acceptors (Lipinski definition) is 3. The summed E-state index contributed by atoms with van der Waals surface area (Å²) in [6, 6.07) is 0.571. The fourth-order valence-electron chi connectivity index (χ4n) is 2.89. The van der Waals surface area contributed by atoms with E-state index in [1.807, 2.05) is 0 Å². The average molecular weight is 338 g/mol.